The minimum Gasteiger partial charge on any atom is -0.280 e. The predicted molar refractivity (Wildman–Crippen MR) is 100 cm³/mol. The Morgan fingerprint density at radius 3 is 2.65 bits per heavy atom. The molecule has 0 fully saturated rings. The fourth-order valence-electron chi connectivity index (χ4n) is 2.60. The normalized spacial score (nSPS) is 12.5. The van der Waals surface area contributed by atoms with Gasteiger partial charge in [-0.3, -0.25) is 9.36 Å². The molecule has 1 atom stereocenters. The summed E-state index contributed by atoms with van der Waals surface area (Å²) in [5, 5.41) is 1.41. The van der Waals surface area contributed by atoms with Crippen molar-refractivity contribution >= 4 is 38.6 Å². The highest BCUT2D eigenvalue weighted by Crippen LogP contribution is 2.25. The molecule has 0 amide bonds. The second kappa shape index (κ2) is 6.89. The molecule has 3 rings (SSSR count). The first kappa shape index (κ1) is 16.3. The lowest BCUT2D eigenvalue weighted by Gasteiger charge is -2.19. The van der Waals surface area contributed by atoms with Crippen molar-refractivity contribution in [2.45, 2.75) is 25.0 Å². The van der Waals surface area contributed by atoms with Crippen LogP contribution in [0.1, 0.15) is 25.5 Å². The van der Waals surface area contributed by atoms with Crippen molar-refractivity contribution in [3.8, 4) is 0 Å². The maximum atomic E-state index is 13.1. The fourth-order valence-corrected chi connectivity index (χ4v) is 3.77. The van der Waals surface area contributed by atoms with Crippen molar-refractivity contribution in [2.24, 2.45) is 0 Å². The molecule has 0 aliphatic heterocycles. The number of halogens is 1. The van der Waals surface area contributed by atoms with E-state index >= 15 is 0 Å². The average Bonchev–Trinajstić information content (AvgIpc) is 2.56. The van der Waals surface area contributed by atoms with Crippen LogP contribution in [0.2, 0.25) is 0 Å². The number of fused-ring (bicyclic) bond motifs is 1. The van der Waals surface area contributed by atoms with Crippen LogP contribution in [0.5, 0.6) is 0 Å². The molecule has 1 heterocycles. The molecule has 0 saturated heterocycles. The molecule has 0 saturated carbocycles. The molecule has 0 aliphatic carbocycles. The summed E-state index contributed by atoms with van der Waals surface area (Å²) in [7, 11) is 0. The fraction of sp³-hybridized carbons (Fsp3) is 0.222. The average molecular weight is 389 g/mol. The molecule has 118 valence electrons. The lowest BCUT2D eigenvalue weighted by Crippen LogP contribution is -2.27. The van der Waals surface area contributed by atoms with Crippen LogP contribution in [0, 0.1) is 0 Å². The molecule has 1 aromatic heterocycles. The van der Waals surface area contributed by atoms with E-state index in [2.05, 4.69) is 22.9 Å². The molecule has 0 unspecified atom stereocenters. The van der Waals surface area contributed by atoms with Gasteiger partial charge >= 0.3 is 0 Å². The zero-order valence-electron chi connectivity index (χ0n) is 13.0. The van der Waals surface area contributed by atoms with Gasteiger partial charge in [-0.25, -0.2) is 4.98 Å². The summed E-state index contributed by atoms with van der Waals surface area (Å²) in [5.41, 5.74) is 1.85. The van der Waals surface area contributed by atoms with E-state index in [4.69, 9.17) is 4.98 Å². The number of thioether (sulfide) groups is 1. The number of aromatic nitrogens is 2. The van der Waals surface area contributed by atoms with Gasteiger partial charge in [0.25, 0.3) is 5.56 Å². The van der Waals surface area contributed by atoms with Crippen LogP contribution in [0.4, 0.5) is 0 Å². The van der Waals surface area contributed by atoms with Crippen LogP contribution in [0.25, 0.3) is 10.9 Å². The minimum absolute atomic E-state index is 0.00334. The van der Waals surface area contributed by atoms with Gasteiger partial charge in [0.05, 0.1) is 16.9 Å². The first-order chi connectivity index (χ1) is 11.1. The zero-order chi connectivity index (χ0) is 16.4. The summed E-state index contributed by atoms with van der Waals surface area (Å²) < 4.78 is 2.69. The third kappa shape index (κ3) is 3.21. The largest absolute Gasteiger partial charge is 0.280 e. The summed E-state index contributed by atoms with van der Waals surface area (Å²) in [6.45, 7) is 4.11. The van der Waals surface area contributed by atoms with E-state index in [9.17, 15) is 4.79 Å². The van der Waals surface area contributed by atoms with Crippen molar-refractivity contribution in [1.82, 2.24) is 9.55 Å². The molecular weight excluding hydrogens is 372 g/mol. The van der Waals surface area contributed by atoms with E-state index in [0.717, 1.165) is 26.5 Å². The Morgan fingerprint density at radius 1 is 1.22 bits per heavy atom. The molecule has 0 bridgehead atoms. The van der Waals surface area contributed by atoms with E-state index < -0.39 is 0 Å². The SMILES string of the molecule is CCSc1nc2ccc(Br)cc2c(=O)n1[C@@H](C)c1ccccc1. The van der Waals surface area contributed by atoms with Gasteiger partial charge in [0.15, 0.2) is 5.16 Å². The van der Waals surface area contributed by atoms with Crippen molar-refractivity contribution in [1.29, 1.82) is 0 Å². The van der Waals surface area contributed by atoms with Crippen LogP contribution in [-0.2, 0) is 0 Å². The summed E-state index contributed by atoms with van der Waals surface area (Å²) in [6, 6.07) is 15.6. The van der Waals surface area contributed by atoms with Crippen molar-refractivity contribution in [2.75, 3.05) is 5.75 Å². The maximum absolute atomic E-state index is 13.1. The van der Waals surface area contributed by atoms with E-state index in [-0.39, 0.29) is 11.6 Å². The van der Waals surface area contributed by atoms with E-state index in [1.807, 2.05) is 55.5 Å². The molecule has 2 aromatic carbocycles. The third-order valence-corrected chi connectivity index (χ3v) is 5.10. The summed E-state index contributed by atoms with van der Waals surface area (Å²) in [6.07, 6.45) is 0. The summed E-state index contributed by atoms with van der Waals surface area (Å²) in [5.74, 6) is 0.871. The quantitative estimate of drug-likeness (QED) is 0.471. The van der Waals surface area contributed by atoms with E-state index in [1.54, 1.807) is 16.3 Å². The lowest BCUT2D eigenvalue weighted by molar-refractivity contribution is 0.549. The first-order valence-electron chi connectivity index (χ1n) is 7.51. The second-order valence-electron chi connectivity index (χ2n) is 5.25. The van der Waals surface area contributed by atoms with Gasteiger partial charge in [-0.15, -0.1) is 0 Å². The maximum Gasteiger partial charge on any atom is 0.262 e. The zero-order valence-corrected chi connectivity index (χ0v) is 15.4. The molecule has 5 heteroatoms. The van der Waals surface area contributed by atoms with Gasteiger partial charge < -0.3 is 0 Å². The van der Waals surface area contributed by atoms with Gasteiger partial charge in [0.2, 0.25) is 0 Å². The van der Waals surface area contributed by atoms with Gasteiger partial charge in [0, 0.05) is 4.47 Å². The third-order valence-electron chi connectivity index (χ3n) is 3.77. The van der Waals surface area contributed by atoms with Crippen LogP contribution < -0.4 is 5.56 Å². The summed E-state index contributed by atoms with van der Waals surface area (Å²) >= 11 is 5.04. The number of hydrogen-bond donors (Lipinski definition) is 0. The highest BCUT2D eigenvalue weighted by Gasteiger charge is 2.17. The second-order valence-corrected chi connectivity index (χ2v) is 7.40. The molecule has 0 aliphatic rings. The van der Waals surface area contributed by atoms with Crippen molar-refractivity contribution < 1.29 is 0 Å². The number of hydrogen-bond acceptors (Lipinski definition) is 3. The lowest BCUT2D eigenvalue weighted by atomic mass is 10.1. The number of rotatable bonds is 4. The molecule has 3 nitrogen and oxygen atoms in total. The molecule has 0 N–H and O–H groups in total. The van der Waals surface area contributed by atoms with Crippen LogP contribution in [0.3, 0.4) is 0 Å². The topological polar surface area (TPSA) is 34.9 Å². The number of benzene rings is 2. The molecule has 23 heavy (non-hydrogen) atoms. The van der Waals surface area contributed by atoms with Crippen LogP contribution >= 0.6 is 27.7 Å². The molecule has 0 radical (unpaired) electrons. The minimum atomic E-state index is -0.0615. The number of nitrogens with zero attached hydrogens (tertiary/aromatic N) is 2. The molecule has 3 aromatic rings. The van der Waals surface area contributed by atoms with Gasteiger partial charge in [-0.2, -0.15) is 0 Å². The predicted octanol–water partition coefficient (Wildman–Crippen LogP) is 4.88. The Hall–Kier alpha value is -1.59. The Balaban J connectivity index is 2.26. The van der Waals surface area contributed by atoms with Crippen molar-refractivity contribution in [3.63, 3.8) is 0 Å². The Kier molecular flexibility index (Phi) is 4.87. The van der Waals surface area contributed by atoms with Gasteiger partial charge in [-0.1, -0.05) is 64.9 Å². The van der Waals surface area contributed by atoms with E-state index in [0.29, 0.717) is 5.39 Å². The Labute approximate surface area is 147 Å². The highest BCUT2D eigenvalue weighted by molar-refractivity contribution is 9.10. The van der Waals surface area contributed by atoms with Crippen molar-refractivity contribution in [3.05, 3.63) is 68.9 Å². The molecular formula is C18H17BrN2OS. The monoisotopic (exact) mass is 388 g/mol. The van der Waals surface area contributed by atoms with Gasteiger partial charge in [-0.05, 0) is 36.4 Å². The van der Waals surface area contributed by atoms with E-state index in [1.165, 1.54) is 0 Å². The van der Waals surface area contributed by atoms with Crippen LogP contribution in [-0.4, -0.2) is 15.3 Å². The smallest absolute Gasteiger partial charge is 0.262 e. The summed E-state index contributed by atoms with van der Waals surface area (Å²) in [4.78, 5) is 17.8. The standard InChI is InChI=1S/C18H17BrN2OS/c1-3-23-18-20-16-10-9-14(19)11-15(16)17(22)21(18)12(2)13-7-5-4-6-8-13/h4-12H,3H2,1-2H3/t12-/m0/s1. The Morgan fingerprint density at radius 2 is 1.96 bits per heavy atom. The van der Waals surface area contributed by atoms with Gasteiger partial charge in [0.1, 0.15) is 0 Å². The Bertz CT molecular complexity index is 893. The first-order valence-corrected chi connectivity index (χ1v) is 9.29. The molecule has 0 spiro atoms. The highest BCUT2D eigenvalue weighted by atomic mass is 79.9. The van der Waals surface area contributed by atoms with Crippen LogP contribution in [0.15, 0.2) is 63.0 Å².